The topological polar surface area (TPSA) is 57.5 Å². The van der Waals surface area contributed by atoms with Crippen LogP contribution in [0.1, 0.15) is 31.2 Å². The van der Waals surface area contributed by atoms with E-state index >= 15 is 0 Å². The molecule has 0 spiro atoms. The van der Waals surface area contributed by atoms with E-state index in [2.05, 4.69) is 33.7 Å². The normalized spacial score (nSPS) is 17.1. The van der Waals surface area contributed by atoms with Gasteiger partial charge in [0.1, 0.15) is 17.3 Å². The highest BCUT2D eigenvalue weighted by Crippen LogP contribution is 2.26. The molecule has 1 fully saturated rings. The van der Waals surface area contributed by atoms with E-state index in [1.807, 2.05) is 18.5 Å². The van der Waals surface area contributed by atoms with Crippen LogP contribution in [0.3, 0.4) is 0 Å². The molecule has 158 valence electrons. The van der Waals surface area contributed by atoms with Crippen molar-refractivity contribution >= 4 is 11.6 Å². The van der Waals surface area contributed by atoms with E-state index in [-0.39, 0.29) is 11.7 Å². The second-order valence-corrected chi connectivity index (χ2v) is 7.41. The molecule has 0 aliphatic carbocycles. The maximum Gasteiger partial charge on any atom is 0.191 e. The number of aromatic nitrogens is 2. The molecule has 2 heterocycles. The van der Waals surface area contributed by atoms with Crippen molar-refractivity contribution in [3.8, 4) is 0 Å². The van der Waals surface area contributed by atoms with Crippen LogP contribution in [0.5, 0.6) is 0 Å². The van der Waals surface area contributed by atoms with Crippen molar-refractivity contribution in [3.05, 3.63) is 47.3 Å². The second-order valence-electron chi connectivity index (χ2n) is 7.41. The molecule has 2 N–H and O–H groups in total. The van der Waals surface area contributed by atoms with Crippen LogP contribution in [-0.4, -0.2) is 48.0 Å². The first kappa shape index (κ1) is 21.1. The standard InChI is InChI=1S/C21H30F2N6/c1-4-24-21(25-10-6-11-29-16(3)13-15(2)27-29)26-17-9-12-28(14-17)20-18(22)7-5-8-19(20)23/h5,7-8,13,17H,4,6,9-12,14H2,1-3H3,(H2,24,25,26). The average Bonchev–Trinajstić information content (AvgIpc) is 3.24. The predicted molar refractivity (Wildman–Crippen MR) is 112 cm³/mol. The van der Waals surface area contributed by atoms with Gasteiger partial charge >= 0.3 is 0 Å². The molecule has 29 heavy (non-hydrogen) atoms. The zero-order valence-corrected chi connectivity index (χ0v) is 17.4. The van der Waals surface area contributed by atoms with Crippen molar-refractivity contribution in [2.75, 3.05) is 31.1 Å². The van der Waals surface area contributed by atoms with E-state index in [0.29, 0.717) is 19.6 Å². The van der Waals surface area contributed by atoms with Gasteiger partial charge in [0.05, 0.1) is 5.69 Å². The first-order valence-electron chi connectivity index (χ1n) is 10.2. The molecule has 1 aliphatic rings. The number of guanidine groups is 1. The Labute approximate surface area is 171 Å². The molecule has 1 aromatic heterocycles. The summed E-state index contributed by atoms with van der Waals surface area (Å²) < 4.78 is 30.1. The Kier molecular flexibility index (Phi) is 7.06. The van der Waals surface area contributed by atoms with Crippen LogP contribution in [0.25, 0.3) is 0 Å². The molecular formula is C21H30F2N6. The summed E-state index contributed by atoms with van der Waals surface area (Å²) in [4.78, 5) is 6.41. The Morgan fingerprint density at radius 1 is 1.28 bits per heavy atom. The van der Waals surface area contributed by atoms with E-state index in [0.717, 1.165) is 43.3 Å². The lowest BCUT2D eigenvalue weighted by molar-refractivity contribution is 0.565. The highest BCUT2D eigenvalue weighted by Gasteiger charge is 2.27. The lowest BCUT2D eigenvalue weighted by atomic mass is 10.2. The number of aryl methyl sites for hydroxylation is 3. The molecule has 0 bridgehead atoms. The Balaban J connectivity index is 1.53. The van der Waals surface area contributed by atoms with Crippen LogP contribution < -0.4 is 15.5 Å². The molecule has 6 nitrogen and oxygen atoms in total. The number of nitrogens with zero attached hydrogens (tertiary/aromatic N) is 4. The lowest BCUT2D eigenvalue weighted by Gasteiger charge is -2.21. The van der Waals surface area contributed by atoms with Crippen LogP contribution in [0.4, 0.5) is 14.5 Å². The van der Waals surface area contributed by atoms with Crippen LogP contribution in [0.15, 0.2) is 29.3 Å². The average molecular weight is 405 g/mol. The SMILES string of the molecule is CCNC(=NCCCn1nc(C)cc1C)NC1CCN(c2c(F)cccc2F)C1. The van der Waals surface area contributed by atoms with E-state index in [1.165, 1.54) is 18.2 Å². The fourth-order valence-corrected chi connectivity index (χ4v) is 3.70. The van der Waals surface area contributed by atoms with Crippen molar-refractivity contribution in [1.82, 2.24) is 20.4 Å². The smallest absolute Gasteiger partial charge is 0.191 e. The maximum absolute atomic E-state index is 14.0. The third-order valence-electron chi connectivity index (χ3n) is 5.03. The van der Waals surface area contributed by atoms with Gasteiger partial charge in [0.25, 0.3) is 0 Å². The summed E-state index contributed by atoms with van der Waals surface area (Å²) >= 11 is 0. The number of anilines is 1. The van der Waals surface area contributed by atoms with E-state index < -0.39 is 11.6 Å². The van der Waals surface area contributed by atoms with Crippen molar-refractivity contribution in [3.63, 3.8) is 0 Å². The monoisotopic (exact) mass is 404 g/mol. The summed E-state index contributed by atoms with van der Waals surface area (Å²) in [6, 6.07) is 6.14. The number of benzene rings is 1. The zero-order valence-electron chi connectivity index (χ0n) is 17.4. The molecule has 0 radical (unpaired) electrons. The molecule has 0 amide bonds. The zero-order chi connectivity index (χ0) is 20.8. The molecule has 1 aromatic carbocycles. The van der Waals surface area contributed by atoms with Crippen molar-refractivity contribution in [2.45, 2.75) is 46.2 Å². The largest absolute Gasteiger partial charge is 0.365 e. The molecule has 3 rings (SSSR count). The minimum absolute atomic E-state index is 0.0589. The number of hydrogen-bond donors (Lipinski definition) is 2. The Hall–Kier alpha value is -2.64. The van der Waals surface area contributed by atoms with Crippen LogP contribution in [-0.2, 0) is 6.54 Å². The number of para-hydroxylation sites is 1. The van der Waals surface area contributed by atoms with Gasteiger partial charge in [-0.2, -0.15) is 5.10 Å². The number of aliphatic imine (C=N–C) groups is 1. The summed E-state index contributed by atoms with van der Waals surface area (Å²) in [7, 11) is 0. The Morgan fingerprint density at radius 2 is 2.03 bits per heavy atom. The number of halogens is 2. The van der Waals surface area contributed by atoms with Gasteiger partial charge in [-0.25, -0.2) is 8.78 Å². The maximum atomic E-state index is 14.0. The summed E-state index contributed by atoms with van der Waals surface area (Å²) in [6.07, 6.45) is 1.68. The third-order valence-corrected chi connectivity index (χ3v) is 5.03. The lowest BCUT2D eigenvalue weighted by Crippen LogP contribution is -2.44. The minimum atomic E-state index is -0.518. The highest BCUT2D eigenvalue weighted by molar-refractivity contribution is 5.80. The van der Waals surface area contributed by atoms with E-state index in [9.17, 15) is 8.78 Å². The first-order chi connectivity index (χ1) is 14.0. The quantitative estimate of drug-likeness (QED) is 0.423. The number of rotatable bonds is 7. The van der Waals surface area contributed by atoms with Gasteiger partial charge < -0.3 is 15.5 Å². The molecule has 1 atom stereocenters. The van der Waals surface area contributed by atoms with Crippen LogP contribution in [0, 0.1) is 25.5 Å². The molecule has 2 aromatic rings. The van der Waals surface area contributed by atoms with Crippen LogP contribution in [0.2, 0.25) is 0 Å². The minimum Gasteiger partial charge on any atom is -0.365 e. The highest BCUT2D eigenvalue weighted by atomic mass is 19.1. The summed E-state index contributed by atoms with van der Waals surface area (Å²) in [5, 5.41) is 11.1. The Morgan fingerprint density at radius 3 is 2.69 bits per heavy atom. The summed E-state index contributed by atoms with van der Waals surface area (Å²) in [6.45, 7) is 9.45. The van der Waals surface area contributed by atoms with Crippen molar-refractivity contribution in [1.29, 1.82) is 0 Å². The van der Waals surface area contributed by atoms with Gasteiger partial charge in [-0.15, -0.1) is 0 Å². The Bertz CT molecular complexity index is 827. The second kappa shape index (κ2) is 9.71. The third kappa shape index (κ3) is 5.46. The van der Waals surface area contributed by atoms with Crippen molar-refractivity contribution < 1.29 is 8.78 Å². The van der Waals surface area contributed by atoms with E-state index in [4.69, 9.17) is 0 Å². The molecule has 1 saturated heterocycles. The van der Waals surface area contributed by atoms with Gasteiger partial charge in [-0.3, -0.25) is 9.67 Å². The van der Waals surface area contributed by atoms with Gasteiger partial charge in [0.2, 0.25) is 0 Å². The summed E-state index contributed by atoms with van der Waals surface area (Å²) in [5.74, 6) is -0.299. The molecule has 8 heteroatoms. The predicted octanol–water partition coefficient (Wildman–Crippen LogP) is 3.00. The van der Waals surface area contributed by atoms with E-state index in [1.54, 1.807) is 4.90 Å². The summed E-state index contributed by atoms with van der Waals surface area (Å²) in [5.41, 5.74) is 2.24. The molecule has 1 aliphatic heterocycles. The molecular weight excluding hydrogens is 374 g/mol. The fraction of sp³-hybridized carbons (Fsp3) is 0.524. The van der Waals surface area contributed by atoms with Gasteiger partial charge in [0.15, 0.2) is 5.96 Å². The first-order valence-corrected chi connectivity index (χ1v) is 10.2. The fourth-order valence-electron chi connectivity index (χ4n) is 3.70. The number of hydrogen-bond acceptors (Lipinski definition) is 3. The molecule has 1 unspecified atom stereocenters. The van der Waals surface area contributed by atoms with Gasteiger partial charge in [-0.1, -0.05) is 6.07 Å². The van der Waals surface area contributed by atoms with Crippen LogP contribution >= 0.6 is 0 Å². The number of nitrogens with one attached hydrogen (secondary N) is 2. The molecule has 0 saturated carbocycles. The van der Waals surface area contributed by atoms with Crippen molar-refractivity contribution in [2.24, 2.45) is 4.99 Å². The van der Waals surface area contributed by atoms with Gasteiger partial charge in [-0.05, 0) is 51.8 Å². The van der Waals surface area contributed by atoms with Gasteiger partial charge in [0, 0.05) is 44.5 Å².